The van der Waals surface area contributed by atoms with Crippen LogP contribution in [0.2, 0.25) is 0 Å². The molecule has 1 aliphatic rings. The van der Waals surface area contributed by atoms with Gasteiger partial charge in [-0.3, -0.25) is 0 Å². The Morgan fingerprint density at radius 1 is 0.950 bits per heavy atom. The molecule has 2 nitrogen and oxygen atoms in total. The molecule has 2 heteroatoms. The predicted molar refractivity (Wildman–Crippen MR) is 83.0 cm³/mol. The van der Waals surface area contributed by atoms with Crippen LogP contribution in [-0.4, -0.2) is 19.3 Å². The highest BCUT2D eigenvalue weighted by molar-refractivity contribution is 5.24. The number of aryl methyl sites for hydroxylation is 1. The lowest BCUT2D eigenvalue weighted by molar-refractivity contribution is -0.137. The first-order valence-electron chi connectivity index (χ1n) is 8.15. The minimum atomic E-state index is 0.118. The van der Waals surface area contributed by atoms with Crippen molar-refractivity contribution in [3.05, 3.63) is 35.4 Å². The summed E-state index contributed by atoms with van der Waals surface area (Å²) in [6.07, 6.45) is 7.75. The second-order valence-electron chi connectivity index (χ2n) is 5.76. The van der Waals surface area contributed by atoms with Gasteiger partial charge in [-0.2, -0.15) is 0 Å². The maximum atomic E-state index is 5.94. The Hall–Kier alpha value is -0.860. The third-order valence-corrected chi connectivity index (χ3v) is 4.00. The first-order chi connectivity index (χ1) is 9.83. The second-order valence-corrected chi connectivity index (χ2v) is 5.76. The molecule has 112 valence electrons. The normalized spacial score (nSPS) is 22.9. The molecule has 1 aromatic carbocycles. The van der Waals surface area contributed by atoms with Crippen molar-refractivity contribution in [2.45, 2.75) is 64.6 Å². The molecule has 0 saturated carbocycles. The van der Waals surface area contributed by atoms with Crippen LogP contribution in [0.4, 0.5) is 0 Å². The Morgan fingerprint density at radius 2 is 1.75 bits per heavy atom. The Kier molecular flexibility index (Phi) is 6.55. The van der Waals surface area contributed by atoms with Crippen LogP contribution in [0.5, 0.6) is 0 Å². The summed E-state index contributed by atoms with van der Waals surface area (Å²) in [4.78, 5) is 0. The topological polar surface area (TPSA) is 18.5 Å². The summed E-state index contributed by atoms with van der Waals surface area (Å²) in [6.45, 7) is 5.86. The number of hydrogen-bond acceptors (Lipinski definition) is 2. The van der Waals surface area contributed by atoms with E-state index in [9.17, 15) is 0 Å². The molecule has 1 aromatic rings. The van der Waals surface area contributed by atoms with Crippen LogP contribution >= 0.6 is 0 Å². The summed E-state index contributed by atoms with van der Waals surface area (Å²) in [5.74, 6) is 0. The Labute approximate surface area is 123 Å². The quantitative estimate of drug-likeness (QED) is 0.673. The van der Waals surface area contributed by atoms with Crippen molar-refractivity contribution in [2.75, 3.05) is 13.2 Å². The van der Waals surface area contributed by atoms with Gasteiger partial charge in [-0.05, 0) is 30.4 Å². The smallest absolute Gasteiger partial charge is 0.106 e. The van der Waals surface area contributed by atoms with Gasteiger partial charge in [0.15, 0.2) is 0 Å². The van der Waals surface area contributed by atoms with Crippen LogP contribution < -0.4 is 0 Å². The van der Waals surface area contributed by atoms with E-state index in [0.717, 1.165) is 19.4 Å². The molecule has 0 bridgehead atoms. The van der Waals surface area contributed by atoms with E-state index in [1.807, 2.05) is 0 Å². The Bertz CT molecular complexity index is 364. The summed E-state index contributed by atoms with van der Waals surface area (Å²) in [5, 5.41) is 0. The maximum absolute atomic E-state index is 5.94. The third-order valence-electron chi connectivity index (χ3n) is 4.00. The lowest BCUT2D eigenvalue weighted by Crippen LogP contribution is -2.30. The Balaban J connectivity index is 1.81. The zero-order valence-corrected chi connectivity index (χ0v) is 12.9. The molecule has 0 aromatic heterocycles. The fourth-order valence-electron chi connectivity index (χ4n) is 2.70. The average Bonchev–Trinajstić information content (AvgIpc) is 2.49. The van der Waals surface area contributed by atoms with E-state index in [2.05, 4.69) is 38.1 Å². The van der Waals surface area contributed by atoms with Crippen LogP contribution in [0.25, 0.3) is 0 Å². The zero-order chi connectivity index (χ0) is 14.2. The van der Waals surface area contributed by atoms with E-state index >= 15 is 0 Å². The van der Waals surface area contributed by atoms with Gasteiger partial charge in [0.1, 0.15) is 6.10 Å². The average molecular weight is 276 g/mol. The van der Waals surface area contributed by atoms with Gasteiger partial charge in [-0.15, -0.1) is 0 Å². The van der Waals surface area contributed by atoms with Crippen LogP contribution in [0, 0.1) is 0 Å². The van der Waals surface area contributed by atoms with Crippen LogP contribution in [0.3, 0.4) is 0 Å². The maximum Gasteiger partial charge on any atom is 0.106 e. The van der Waals surface area contributed by atoms with Crippen molar-refractivity contribution in [1.29, 1.82) is 0 Å². The molecule has 0 N–H and O–H groups in total. The standard InChI is InChI=1S/C18H28O2/c1-3-5-6-8-15-9-11-16(12-10-15)18-14-19-17(7-4-2)13-20-18/h9-12,17-18H,3-8,13-14H2,1-2H3/t17-,18-/m0/s1. The molecule has 1 saturated heterocycles. The van der Waals surface area contributed by atoms with E-state index in [1.165, 1.54) is 36.8 Å². The Morgan fingerprint density at radius 3 is 2.35 bits per heavy atom. The van der Waals surface area contributed by atoms with Gasteiger partial charge in [0, 0.05) is 0 Å². The van der Waals surface area contributed by atoms with Gasteiger partial charge in [0.25, 0.3) is 0 Å². The number of rotatable bonds is 7. The van der Waals surface area contributed by atoms with E-state index in [-0.39, 0.29) is 6.10 Å². The monoisotopic (exact) mass is 276 g/mol. The van der Waals surface area contributed by atoms with Crippen LogP contribution in [0.1, 0.15) is 63.2 Å². The summed E-state index contributed by atoms with van der Waals surface area (Å²) < 4.78 is 11.8. The van der Waals surface area contributed by atoms with Crippen molar-refractivity contribution >= 4 is 0 Å². The number of ether oxygens (including phenoxy) is 2. The lowest BCUT2D eigenvalue weighted by Gasteiger charge is -2.29. The summed E-state index contributed by atoms with van der Waals surface area (Å²) in [7, 11) is 0. The number of unbranched alkanes of at least 4 members (excludes halogenated alkanes) is 2. The molecule has 0 spiro atoms. The molecular formula is C18H28O2. The highest BCUT2D eigenvalue weighted by atomic mass is 16.6. The predicted octanol–water partition coefficient (Wildman–Crippen LogP) is 4.68. The molecule has 0 unspecified atom stereocenters. The number of benzene rings is 1. The second kappa shape index (κ2) is 8.43. The summed E-state index contributed by atoms with van der Waals surface area (Å²) in [6, 6.07) is 8.89. The molecule has 0 aliphatic carbocycles. The molecule has 2 rings (SSSR count). The van der Waals surface area contributed by atoms with E-state index in [0.29, 0.717) is 12.7 Å². The molecule has 1 aliphatic heterocycles. The van der Waals surface area contributed by atoms with E-state index < -0.39 is 0 Å². The molecule has 0 amide bonds. The minimum Gasteiger partial charge on any atom is -0.373 e. The van der Waals surface area contributed by atoms with E-state index in [4.69, 9.17) is 9.47 Å². The van der Waals surface area contributed by atoms with Gasteiger partial charge in [0.2, 0.25) is 0 Å². The molecule has 20 heavy (non-hydrogen) atoms. The minimum absolute atomic E-state index is 0.118. The molecule has 1 heterocycles. The van der Waals surface area contributed by atoms with Crippen LogP contribution in [0.15, 0.2) is 24.3 Å². The summed E-state index contributed by atoms with van der Waals surface area (Å²) in [5.41, 5.74) is 2.68. The van der Waals surface area contributed by atoms with E-state index in [1.54, 1.807) is 0 Å². The van der Waals surface area contributed by atoms with Gasteiger partial charge in [0.05, 0.1) is 19.3 Å². The van der Waals surface area contributed by atoms with Gasteiger partial charge in [-0.25, -0.2) is 0 Å². The molecule has 0 radical (unpaired) electrons. The van der Waals surface area contributed by atoms with Crippen molar-refractivity contribution in [2.24, 2.45) is 0 Å². The van der Waals surface area contributed by atoms with Crippen LogP contribution in [-0.2, 0) is 15.9 Å². The van der Waals surface area contributed by atoms with Crippen molar-refractivity contribution in [1.82, 2.24) is 0 Å². The van der Waals surface area contributed by atoms with Gasteiger partial charge >= 0.3 is 0 Å². The van der Waals surface area contributed by atoms with Gasteiger partial charge < -0.3 is 9.47 Å². The summed E-state index contributed by atoms with van der Waals surface area (Å²) >= 11 is 0. The molecular weight excluding hydrogens is 248 g/mol. The number of hydrogen-bond donors (Lipinski definition) is 0. The van der Waals surface area contributed by atoms with Crippen molar-refractivity contribution in [3.63, 3.8) is 0 Å². The first kappa shape index (κ1) is 15.5. The lowest BCUT2D eigenvalue weighted by atomic mass is 10.0. The molecule has 2 atom stereocenters. The van der Waals surface area contributed by atoms with Crippen molar-refractivity contribution in [3.8, 4) is 0 Å². The SMILES string of the molecule is CCCCCc1ccc([C@@H]2CO[C@@H](CCC)CO2)cc1. The van der Waals surface area contributed by atoms with Gasteiger partial charge in [-0.1, -0.05) is 57.4 Å². The fraction of sp³-hybridized carbons (Fsp3) is 0.667. The molecule has 1 fully saturated rings. The zero-order valence-electron chi connectivity index (χ0n) is 12.9. The fourth-order valence-corrected chi connectivity index (χ4v) is 2.70. The largest absolute Gasteiger partial charge is 0.373 e. The first-order valence-corrected chi connectivity index (χ1v) is 8.15. The van der Waals surface area contributed by atoms with Crippen molar-refractivity contribution < 1.29 is 9.47 Å². The highest BCUT2D eigenvalue weighted by Crippen LogP contribution is 2.24. The highest BCUT2D eigenvalue weighted by Gasteiger charge is 2.22. The third kappa shape index (κ3) is 4.60.